The summed E-state index contributed by atoms with van der Waals surface area (Å²) in [5.41, 5.74) is 9.67. The van der Waals surface area contributed by atoms with Crippen LogP contribution in [0.2, 0.25) is 0 Å². The number of thioether (sulfide) groups is 2. The maximum absolute atomic E-state index is 12.8. The molecule has 0 spiro atoms. The van der Waals surface area contributed by atoms with Gasteiger partial charge in [0, 0.05) is 34.5 Å². The Morgan fingerprint density at radius 1 is 0.896 bits per heavy atom. The summed E-state index contributed by atoms with van der Waals surface area (Å²) in [5.74, 6) is -0.975. The number of carboxylic acid groups (broad SMARTS) is 1. The summed E-state index contributed by atoms with van der Waals surface area (Å²) in [6.07, 6.45) is 17.2. The van der Waals surface area contributed by atoms with Gasteiger partial charge in [-0.25, -0.2) is 0 Å². The molecular weight excluding hydrogens is 653 g/mol. The van der Waals surface area contributed by atoms with E-state index in [4.69, 9.17) is 23.6 Å². The van der Waals surface area contributed by atoms with Gasteiger partial charge in [0.1, 0.15) is 10.9 Å². The predicted molar refractivity (Wildman–Crippen MR) is 202 cm³/mol. The van der Waals surface area contributed by atoms with Gasteiger partial charge >= 0.3 is 5.97 Å². The van der Waals surface area contributed by atoms with Crippen molar-refractivity contribution in [3.05, 3.63) is 136 Å². The molecule has 1 N–H and O–H groups in total. The third kappa shape index (κ3) is 6.88. The Hall–Kier alpha value is -4.11. The quantitative estimate of drug-likeness (QED) is 0.0772. The molecule has 240 valence electrons. The zero-order chi connectivity index (χ0) is 33.2. The fourth-order valence-electron chi connectivity index (χ4n) is 6.98. The number of aliphatic carboxylic acids is 1. The van der Waals surface area contributed by atoms with Crippen molar-refractivity contribution in [3.8, 4) is 0 Å². The van der Waals surface area contributed by atoms with Crippen molar-refractivity contribution in [2.24, 2.45) is 0 Å². The van der Waals surface area contributed by atoms with Crippen LogP contribution in [0.3, 0.4) is 0 Å². The maximum Gasteiger partial charge on any atom is 0.323 e. The lowest BCUT2D eigenvalue weighted by molar-refractivity contribution is -0.140. The fourth-order valence-corrected chi connectivity index (χ4v) is 8.53. The standard InChI is InChI=1S/C40H34N2O3S3/c1-47-32-20-15-29(16-21-32)12-10-27-7-5-26(6-8-27)9-11-28-13-18-31(19-14-28)42-35-4-2-3-33(35)34-23-30(17-22-36(34)42)24-37-39(45)41(25-38(43)44)40(46)48-37/h1,5-8,10,12-24,33,35H,2-4,9,11,25H2,(H,43,44)/b12-10?,37-24-. The van der Waals surface area contributed by atoms with Crippen LogP contribution >= 0.6 is 35.7 Å². The van der Waals surface area contributed by atoms with E-state index in [2.05, 4.69) is 89.8 Å². The SMILES string of the molecule is [CH]Sc1ccc(C=Cc2ccc(CCc3ccc(N4c5ccc(/C=C6\SC(=S)N(CC(=O)O)C6=O)cc5C5CCCC54)cc3)cc2)cc1. The largest absolute Gasteiger partial charge is 0.480 e. The van der Waals surface area contributed by atoms with Crippen molar-refractivity contribution in [1.82, 2.24) is 4.90 Å². The molecule has 4 aromatic rings. The molecule has 8 heteroatoms. The van der Waals surface area contributed by atoms with Crippen molar-refractivity contribution >= 4 is 81.5 Å². The van der Waals surface area contributed by atoms with Crippen LogP contribution < -0.4 is 4.90 Å². The lowest BCUT2D eigenvalue weighted by Gasteiger charge is -2.27. The summed E-state index contributed by atoms with van der Waals surface area (Å²) >= 11 is 7.70. The van der Waals surface area contributed by atoms with Gasteiger partial charge in [0.05, 0.1) is 4.91 Å². The minimum Gasteiger partial charge on any atom is -0.480 e. The van der Waals surface area contributed by atoms with Crippen LogP contribution in [0.25, 0.3) is 18.2 Å². The average molecular weight is 687 g/mol. The molecule has 2 unspecified atom stereocenters. The van der Waals surface area contributed by atoms with Crippen LogP contribution in [0.1, 0.15) is 58.6 Å². The van der Waals surface area contributed by atoms with E-state index in [0.29, 0.717) is 16.9 Å². The van der Waals surface area contributed by atoms with Gasteiger partial charge < -0.3 is 10.0 Å². The molecule has 2 atom stereocenters. The highest BCUT2D eigenvalue weighted by Gasteiger charge is 2.42. The van der Waals surface area contributed by atoms with E-state index in [9.17, 15) is 9.59 Å². The number of anilines is 2. The second-order valence-electron chi connectivity index (χ2n) is 12.4. The van der Waals surface area contributed by atoms with Crippen molar-refractivity contribution < 1.29 is 14.7 Å². The Labute approximate surface area is 295 Å². The number of hydrogen-bond donors (Lipinski definition) is 1. The molecule has 2 radical (unpaired) electrons. The summed E-state index contributed by atoms with van der Waals surface area (Å²) in [6, 6.07) is 32.9. The number of carboxylic acids is 1. The van der Waals surface area contributed by atoms with Crippen molar-refractivity contribution in [2.45, 2.75) is 49.0 Å². The molecule has 3 aliphatic rings. The first-order chi connectivity index (χ1) is 23.4. The van der Waals surface area contributed by atoms with Crippen molar-refractivity contribution in [1.29, 1.82) is 0 Å². The summed E-state index contributed by atoms with van der Waals surface area (Å²) in [7, 11) is 0. The Morgan fingerprint density at radius 3 is 2.17 bits per heavy atom. The molecule has 48 heavy (non-hydrogen) atoms. The number of nitrogens with zero attached hydrogens (tertiary/aromatic N) is 2. The van der Waals surface area contributed by atoms with Gasteiger partial charge in [-0.05, 0) is 102 Å². The first-order valence-corrected chi connectivity index (χ1v) is 18.2. The highest BCUT2D eigenvalue weighted by atomic mass is 32.2. The predicted octanol–water partition coefficient (Wildman–Crippen LogP) is 9.48. The van der Waals surface area contributed by atoms with E-state index in [0.717, 1.165) is 58.4 Å². The highest BCUT2D eigenvalue weighted by Crippen LogP contribution is 2.52. The minimum atomic E-state index is -1.08. The van der Waals surface area contributed by atoms with Crippen LogP contribution in [-0.4, -0.2) is 38.8 Å². The lowest BCUT2D eigenvalue weighted by atomic mass is 9.96. The minimum absolute atomic E-state index is 0.284. The Kier molecular flexibility index (Phi) is 9.57. The van der Waals surface area contributed by atoms with Crippen molar-refractivity contribution in [2.75, 3.05) is 11.4 Å². The number of carbonyl (C=O) groups excluding carboxylic acids is 1. The molecule has 1 aliphatic carbocycles. The zero-order valence-electron chi connectivity index (χ0n) is 26.2. The van der Waals surface area contributed by atoms with Gasteiger partial charge in [0.2, 0.25) is 0 Å². The molecule has 1 saturated carbocycles. The molecule has 1 saturated heterocycles. The van der Waals surface area contributed by atoms with Gasteiger partial charge in [0.25, 0.3) is 5.91 Å². The number of benzene rings is 4. The third-order valence-corrected chi connectivity index (χ3v) is 11.3. The van der Waals surface area contributed by atoms with Gasteiger partial charge in [-0.2, -0.15) is 0 Å². The van der Waals surface area contributed by atoms with E-state index in [-0.39, 0.29) is 10.2 Å². The number of amides is 1. The number of rotatable bonds is 10. The van der Waals surface area contributed by atoms with E-state index in [1.807, 2.05) is 24.3 Å². The third-order valence-electron chi connectivity index (χ3n) is 9.37. The van der Waals surface area contributed by atoms with Gasteiger partial charge in [-0.15, -0.1) is 11.8 Å². The first-order valence-electron chi connectivity index (χ1n) is 16.1. The van der Waals surface area contributed by atoms with Crippen LogP contribution in [0.15, 0.2) is 101 Å². The Balaban J connectivity index is 1.01. The van der Waals surface area contributed by atoms with Gasteiger partial charge in [-0.1, -0.05) is 97.1 Å². The number of fused-ring (bicyclic) bond motifs is 3. The average Bonchev–Trinajstić information content (AvgIpc) is 3.77. The molecule has 2 heterocycles. The first kappa shape index (κ1) is 32.4. The second kappa shape index (κ2) is 14.2. The molecule has 4 aromatic carbocycles. The summed E-state index contributed by atoms with van der Waals surface area (Å²) in [6.45, 7) is -0.416. The summed E-state index contributed by atoms with van der Waals surface area (Å²) in [4.78, 5) is 29.2. The topological polar surface area (TPSA) is 60.9 Å². The normalized spacial score (nSPS) is 19.5. The highest BCUT2D eigenvalue weighted by molar-refractivity contribution is 8.26. The van der Waals surface area contributed by atoms with E-state index in [1.54, 1.807) is 0 Å². The van der Waals surface area contributed by atoms with Gasteiger partial charge in [-0.3, -0.25) is 14.5 Å². The van der Waals surface area contributed by atoms with E-state index >= 15 is 0 Å². The van der Waals surface area contributed by atoms with Crippen LogP contribution in [0, 0.1) is 6.26 Å². The molecule has 5 nitrogen and oxygen atoms in total. The molecule has 0 aromatic heterocycles. The van der Waals surface area contributed by atoms with Crippen LogP contribution in [0.5, 0.6) is 0 Å². The van der Waals surface area contributed by atoms with E-state index < -0.39 is 12.5 Å². The Bertz CT molecular complexity index is 1920. The Morgan fingerprint density at radius 2 is 1.52 bits per heavy atom. The van der Waals surface area contributed by atoms with Crippen LogP contribution in [0.4, 0.5) is 11.4 Å². The van der Waals surface area contributed by atoms with Crippen molar-refractivity contribution in [3.63, 3.8) is 0 Å². The lowest BCUT2D eigenvalue weighted by Crippen LogP contribution is -2.33. The number of carbonyl (C=O) groups is 2. The van der Waals surface area contributed by atoms with Gasteiger partial charge in [0.15, 0.2) is 0 Å². The molecule has 2 aliphatic heterocycles. The number of thiocarbonyl (C=S) groups is 1. The summed E-state index contributed by atoms with van der Waals surface area (Å²) in [5, 5.41) is 9.16. The maximum atomic E-state index is 12.8. The second-order valence-corrected chi connectivity index (χ2v) is 14.8. The monoisotopic (exact) mass is 686 g/mol. The smallest absolute Gasteiger partial charge is 0.323 e. The zero-order valence-corrected chi connectivity index (χ0v) is 28.7. The van der Waals surface area contributed by atoms with Crippen LogP contribution in [-0.2, 0) is 22.4 Å². The number of hydrogen-bond acceptors (Lipinski definition) is 6. The number of aryl methyl sites for hydroxylation is 2. The molecule has 1 amide bonds. The molecule has 0 bridgehead atoms. The molecule has 7 rings (SSSR count). The molecular formula is C40H34N2O3S3. The summed E-state index contributed by atoms with van der Waals surface area (Å²) < 4.78 is 0.284. The van der Waals surface area contributed by atoms with E-state index in [1.165, 1.54) is 51.8 Å². The fraction of sp³-hybridized carbons (Fsp3) is 0.200. The molecule has 2 fully saturated rings.